The molecule has 8 heteroatoms. The van der Waals surface area contributed by atoms with Gasteiger partial charge in [-0.2, -0.15) is 0 Å². The molecule has 0 aliphatic heterocycles. The number of sulfone groups is 1. The summed E-state index contributed by atoms with van der Waals surface area (Å²) in [6.07, 6.45) is 6.63. The second kappa shape index (κ2) is 8.24. The van der Waals surface area contributed by atoms with Crippen LogP contribution in [0.4, 0.5) is 0 Å². The fourth-order valence-corrected chi connectivity index (χ4v) is 7.27. The molecule has 0 fully saturated rings. The quantitative estimate of drug-likeness (QED) is 0.333. The predicted molar refractivity (Wildman–Crippen MR) is 122 cm³/mol. The minimum Gasteiger partial charge on any atom is -0.268 e. The second-order valence-corrected chi connectivity index (χ2v) is 11.9. The zero-order valence-corrected chi connectivity index (χ0v) is 19.1. The highest BCUT2D eigenvalue weighted by molar-refractivity contribution is 8.00. The molecule has 1 aromatic carbocycles. The van der Waals surface area contributed by atoms with E-state index in [2.05, 4.69) is 0 Å². The van der Waals surface area contributed by atoms with E-state index in [1.807, 2.05) is 31.2 Å². The fourth-order valence-electron chi connectivity index (χ4n) is 3.77. The van der Waals surface area contributed by atoms with E-state index in [0.717, 1.165) is 47.2 Å². The van der Waals surface area contributed by atoms with Crippen molar-refractivity contribution in [2.45, 2.75) is 44.2 Å². The van der Waals surface area contributed by atoms with Crippen LogP contribution in [0.5, 0.6) is 0 Å². The number of benzene rings is 1. The van der Waals surface area contributed by atoms with Crippen molar-refractivity contribution in [2.24, 2.45) is 0 Å². The van der Waals surface area contributed by atoms with Crippen molar-refractivity contribution in [3.63, 3.8) is 0 Å². The minimum absolute atomic E-state index is 0.0365. The van der Waals surface area contributed by atoms with Crippen molar-refractivity contribution in [3.8, 4) is 5.69 Å². The summed E-state index contributed by atoms with van der Waals surface area (Å²) >= 11 is 2.97. The van der Waals surface area contributed by atoms with Crippen LogP contribution in [0.25, 0.3) is 15.9 Å². The molecule has 0 saturated heterocycles. The molecular formula is C21H24N2O3S3. The van der Waals surface area contributed by atoms with Crippen molar-refractivity contribution in [2.75, 3.05) is 17.8 Å². The molecule has 0 atom stereocenters. The molecule has 2 heterocycles. The van der Waals surface area contributed by atoms with Crippen molar-refractivity contribution in [3.05, 3.63) is 50.6 Å². The van der Waals surface area contributed by atoms with E-state index in [4.69, 9.17) is 4.98 Å². The first kappa shape index (κ1) is 20.6. The largest absolute Gasteiger partial charge is 0.268 e. The van der Waals surface area contributed by atoms with Crippen LogP contribution >= 0.6 is 23.1 Å². The van der Waals surface area contributed by atoms with E-state index in [9.17, 15) is 13.2 Å². The number of aromatic nitrogens is 2. The molecule has 5 nitrogen and oxygen atoms in total. The lowest BCUT2D eigenvalue weighted by Crippen LogP contribution is -2.23. The van der Waals surface area contributed by atoms with Gasteiger partial charge in [0.15, 0.2) is 5.16 Å². The van der Waals surface area contributed by atoms with Gasteiger partial charge in [-0.25, -0.2) is 13.4 Å². The van der Waals surface area contributed by atoms with E-state index in [1.165, 1.54) is 34.9 Å². The Hall–Kier alpha value is -1.64. The van der Waals surface area contributed by atoms with Crippen molar-refractivity contribution in [1.29, 1.82) is 0 Å². The average molecular weight is 449 g/mol. The Bertz CT molecular complexity index is 1230. The molecule has 2 aromatic heterocycles. The van der Waals surface area contributed by atoms with Gasteiger partial charge in [0.2, 0.25) is 0 Å². The average Bonchev–Trinajstić information content (AvgIpc) is 2.84. The monoisotopic (exact) mass is 448 g/mol. The Labute approximate surface area is 179 Å². The normalized spacial score (nSPS) is 14.7. The Kier molecular flexibility index (Phi) is 5.86. The Morgan fingerprint density at radius 3 is 2.69 bits per heavy atom. The van der Waals surface area contributed by atoms with Crippen LogP contribution in [-0.2, 0) is 22.7 Å². The van der Waals surface area contributed by atoms with Crippen molar-refractivity contribution in [1.82, 2.24) is 9.55 Å². The number of nitrogens with zero attached hydrogens (tertiary/aromatic N) is 2. The number of fused-ring (bicyclic) bond motifs is 3. The fraction of sp³-hybridized carbons (Fsp3) is 0.429. The lowest BCUT2D eigenvalue weighted by Gasteiger charge is -2.14. The van der Waals surface area contributed by atoms with Crippen molar-refractivity contribution >= 4 is 43.2 Å². The summed E-state index contributed by atoms with van der Waals surface area (Å²) in [6.45, 7) is 1.98. The van der Waals surface area contributed by atoms with Crippen LogP contribution in [0.2, 0.25) is 0 Å². The van der Waals surface area contributed by atoms with Gasteiger partial charge in [-0.3, -0.25) is 9.36 Å². The smallest absolute Gasteiger partial charge is 0.267 e. The standard InChI is InChI=1S/C21H24N2O3S3/c1-14-8-6-7-10-16(14)23-20(24)18-15-9-4-3-5-11-17(15)28-19(18)22-21(23)27-12-13-29(2,25)26/h6-8,10H,3-5,9,11-13H2,1-2H3. The topological polar surface area (TPSA) is 69.0 Å². The highest BCUT2D eigenvalue weighted by Gasteiger charge is 2.22. The first-order chi connectivity index (χ1) is 13.8. The van der Waals surface area contributed by atoms with Gasteiger partial charge in [0.25, 0.3) is 5.56 Å². The third-order valence-corrected chi connectivity index (χ3v) is 8.58. The molecule has 29 heavy (non-hydrogen) atoms. The van der Waals surface area contributed by atoms with Gasteiger partial charge in [-0.05, 0) is 49.8 Å². The van der Waals surface area contributed by atoms with Gasteiger partial charge in [0.1, 0.15) is 14.7 Å². The maximum absolute atomic E-state index is 13.7. The molecule has 4 rings (SSSR count). The van der Waals surface area contributed by atoms with Gasteiger partial charge in [0, 0.05) is 16.9 Å². The maximum atomic E-state index is 13.7. The van der Waals surface area contributed by atoms with Crippen LogP contribution in [-0.4, -0.2) is 35.7 Å². The Balaban J connectivity index is 1.91. The molecule has 0 N–H and O–H groups in total. The number of hydrogen-bond donors (Lipinski definition) is 0. The minimum atomic E-state index is -3.07. The Morgan fingerprint density at radius 1 is 1.17 bits per heavy atom. The van der Waals surface area contributed by atoms with E-state index < -0.39 is 9.84 Å². The molecular weight excluding hydrogens is 424 g/mol. The number of thioether (sulfide) groups is 1. The van der Waals surface area contributed by atoms with Gasteiger partial charge < -0.3 is 0 Å². The lowest BCUT2D eigenvalue weighted by molar-refractivity contribution is 0.603. The number of para-hydroxylation sites is 1. The van der Waals surface area contributed by atoms with Gasteiger partial charge in [-0.1, -0.05) is 36.4 Å². The van der Waals surface area contributed by atoms with E-state index in [1.54, 1.807) is 15.9 Å². The predicted octanol–water partition coefficient (Wildman–Crippen LogP) is 4.16. The van der Waals surface area contributed by atoms with Gasteiger partial charge in [0.05, 0.1) is 16.8 Å². The molecule has 1 aliphatic rings. The Morgan fingerprint density at radius 2 is 1.93 bits per heavy atom. The van der Waals surface area contributed by atoms with Crippen LogP contribution in [0.1, 0.15) is 35.3 Å². The molecule has 0 saturated carbocycles. The van der Waals surface area contributed by atoms with Gasteiger partial charge >= 0.3 is 0 Å². The van der Waals surface area contributed by atoms with Gasteiger partial charge in [-0.15, -0.1) is 11.3 Å². The molecule has 154 valence electrons. The maximum Gasteiger partial charge on any atom is 0.267 e. The SMILES string of the molecule is Cc1ccccc1-n1c(SCCS(C)(=O)=O)nc2sc3c(c2c1=O)CCCCC3. The summed E-state index contributed by atoms with van der Waals surface area (Å²) in [6, 6.07) is 7.77. The highest BCUT2D eigenvalue weighted by Crippen LogP contribution is 2.34. The van der Waals surface area contributed by atoms with Crippen LogP contribution in [0, 0.1) is 6.92 Å². The number of rotatable bonds is 5. The summed E-state index contributed by atoms with van der Waals surface area (Å²) < 4.78 is 24.8. The third kappa shape index (κ3) is 4.29. The van der Waals surface area contributed by atoms with E-state index in [-0.39, 0.29) is 11.3 Å². The molecule has 3 aromatic rings. The molecule has 0 unspecified atom stereocenters. The summed E-state index contributed by atoms with van der Waals surface area (Å²) in [5, 5.41) is 1.32. The molecule has 0 radical (unpaired) electrons. The lowest BCUT2D eigenvalue weighted by atomic mass is 10.1. The highest BCUT2D eigenvalue weighted by atomic mass is 32.2. The van der Waals surface area contributed by atoms with Crippen LogP contribution in [0.3, 0.4) is 0 Å². The van der Waals surface area contributed by atoms with Crippen LogP contribution < -0.4 is 5.56 Å². The van der Waals surface area contributed by atoms with Crippen molar-refractivity contribution < 1.29 is 8.42 Å². The summed E-state index contributed by atoms with van der Waals surface area (Å²) in [4.78, 5) is 20.6. The van der Waals surface area contributed by atoms with E-state index in [0.29, 0.717) is 10.9 Å². The molecule has 0 spiro atoms. The van der Waals surface area contributed by atoms with E-state index >= 15 is 0 Å². The number of thiophene rings is 1. The second-order valence-electron chi connectivity index (χ2n) is 7.54. The zero-order valence-electron chi connectivity index (χ0n) is 16.6. The summed E-state index contributed by atoms with van der Waals surface area (Å²) in [5.41, 5.74) is 2.94. The summed E-state index contributed by atoms with van der Waals surface area (Å²) in [5.74, 6) is 0.425. The molecule has 1 aliphatic carbocycles. The first-order valence-corrected chi connectivity index (χ1v) is 13.7. The summed E-state index contributed by atoms with van der Waals surface area (Å²) in [7, 11) is -3.07. The zero-order chi connectivity index (χ0) is 20.6. The number of aryl methyl sites for hydroxylation is 3. The first-order valence-electron chi connectivity index (χ1n) is 9.79. The third-order valence-electron chi connectivity index (χ3n) is 5.25. The molecule has 0 amide bonds. The van der Waals surface area contributed by atoms with Crippen LogP contribution in [0.15, 0.2) is 34.2 Å². The number of hydrogen-bond acceptors (Lipinski definition) is 6. The molecule has 0 bridgehead atoms.